The van der Waals surface area contributed by atoms with Gasteiger partial charge in [-0.15, -0.1) is 0 Å². The number of rotatable bonds is 5. The van der Waals surface area contributed by atoms with E-state index in [0.717, 1.165) is 35.9 Å². The molecular weight excluding hydrogens is 420 g/mol. The lowest BCUT2D eigenvalue weighted by atomic mass is 10.0. The van der Waals surface area contributed by atoms with Crippen molar-refractivity contribution in [2.45, 2.75) is 58.6 Å². The Labute approximate surface area is 186 Å². The van der Waals surface area contributed by atoms with Crippen molar-refractivity contribution in [2.24, 2.45) is 0 Å². The SMILES string of the molecule is C[C@@H](CC(=O)NNC(=O)SCC(=O)N1CCCc2ccccc21)NC(=O)OC(C)(C)C. The molecule has 0 radical (unpaired) electrons. The summed E-state index contributed by atoms with van der Waals surface area (Å²) in [7, 11) is 0. The number of carbonyl (C=O) groups excluding carboxylic acids is 4. The van der Waals surface area contributed by atoms with Crippen LogP contribution in [0.25, 0.3) is 0 Å². The number of thioether (sulfide) groups is 1. The molecule has 2 rings (SSSR count). The van der Waals surface area contributed by atoms with Crippen molar-refractivity contribution in [2.75, 3.05) is 17.2 Å². The van der Waals surface area contributed by atoms with Crippen LogP contribution in [0.1, 0.15) is 46.1 Å². The maximum atomic E-state index is 12.5. The van der Waals surface area contributed by atoms with Crippen molar-refractivity contribution in [1.82, 2.24) is 16.2 Å². The van der Waals surface area contributed by atoms with Crippen molar-refractivity contribution in [3.8, 4) is 0 Å². The maximum Gasteiger partial charge on any atom is 0.407 e. The second-order valence-corrected chi connectivity index (χ2v) is 9.23. The van der Waals surface area contributed by atoms with Crippen LogP contribution in [0.5, 0.6) is 0 Å². The third-order valence-electron chi connectivity index (χ3n) is 4.30. The highest BCUT2D eigenvalue weighted by Gasteiger charge is 2.23. The van der Waals surface area contributed by atoms with Crippen LogP contribution in [0.4, 0.5) is 15.3 Å². The monoisotopic (exact) mass is 450 g/mol. The average molecular weight is 451 g/mol. The molecule has 1 aliphatic heterocycles. The number of carbonyl (C=O) groups is 4. The van der Waals surface area contributed by atoms with Crippen LogP contribution in [-0.2, 0) is 20.7 Å². The molecule has 0 spiro atoms. The molecule has 1 aliphatic rings. The van der Waals surface area contributed by atoms with Crippen LogP contribution in [-0.4, -0.2) is 47.1 Å². The molecule has 1 heterocycles. The summed E-state index contributed by atoms with van der Waals surface area (Å²) < 4.78 is 5.12. The molecule has 1 aromatic rings. The number of fused-ring (bicyclic) bond motifs is 1. The molecule has 0 aliphatic carbocycles. The molecular formula is C21H30N4O5S. The van der Waals surface area contributed by atoms with E-state index in [9.17, 15) is 19.2 Å². The first kappa shape index (κ1) is 24.5. The minimum absolute atomic E-state index is 0.0351. The topological polar surface area (TPSA) is 117 Å². The minimum Gasteiger partial charge on any atom is -0.444 e. The summed E-state index contributed by atoms with van der Waals surface area (Å²) in [6.07, 6.45) is 1.14. The number of hydrogen-bond donors (Lipinski definition) is 3. The Kier molecular flexibility index (Phi) is 8.73. The number of nitrogens with zero attached hydrogens (tertiary/aromatic N) is 1. The average Bonchev–Trinajstić information content (AvgIpc) is 2.68. The number of para-hydroxylation sites is 1. The lowest BCUT2D eigenvalue weighted by molar-refractivity contribution is -0.122. The second kappa shape index (κ2) is 11.0. The Bertz CT molecular complexity index is 824. The molecule has 1 aromatic carbocycles. The standard InChI is InChI=1S/C21H30N4O5S/c1-14(22-19(28)30-21(2,3)4)12-17(26)23-24-20(29)31-13-18(27)25-11-7-9-15-8-5-6-10-16(15)25/h5-6,8,10,14H,7,9,11-13H2,1-4H3,(H,22,28)(H,23,26)(H,24,29)/t14-/m0/s1. The van der Waals surface area contributed by atoms with E-state index < -0.39 is 28.9 Å². The number of hydrazine groups is 1. The van der Waals surface area contributed by atoms with E-state index in [1.165, 1.54) is 0 Å². The zero-order valence-electron chi connectivity index (χ0n) is 18.3. The summed E-state index contributed by atoms with van der Waals surface area (Å²) in [5.74, 6) is -0.672. The van der Waals surface area contributed by atoms with E-state index in [2.05, 4.69) is 16.2 Å². The first-order valence-electron chi connectivity index (χ1n) is 10.1. The zero-order chi connectivity index (χ0) is 23.0. The van der Waals surface area contributed by atoms with E-state index in [4.69, 9.17) is 4.74 Å². The van der Waals surface area contributed by atoms with Gasteiger partial charge in [0.1, 0.15) is 5.60 Å². The Morgan fingerprint density at radius 1 is 1.16 bits per heavy atom. The zero-order valence-corrected chi connectivity index (χ0v) is 19.1. The van der Waals surface area contributed by atoms with Gasteiger partial charge >= 0.3 is 6.09 Å². The predicted octanol–water partition coefficient (Wildman–Crippen LogP) is 2.74. The minimum atomic E-state index is -0.634. The van der Waals surface area contributed by atoms with Gasteiger partial charge in [0.15, 0.2) is 0 Å². The van der Waals surface area contributed by atoms with Gasteiger partial charge < -0.3 is 15.0 Å². The highest BCUT2D eigenvalue weighted by molar-refractivity contribution is 8.14. The molecule has 0 unspecified atom stereocenters. The van der Waals surface area contributed by atoms with Crippen molar-refractivity contribution in [3.05, 3.63) is 29.8 Å². The molecule has 4 amide bonds. The van der Waals surface area contributed by atoms with Crippen LogP contribution in [0.15, 0.2) is 24.3 Å². The van der Waals surface area contributed by atoms with Gasteiger partial charge in [-0.2, -0.15) is 0 Å². The van der Waals surface area contributed by atoms with Gasteiger partial charge in [0.25, 0.3) is 5.24 Å². The molecule has 31 heavy (non-hydrogen) atoms. The van der Waals surface area contributed by atoms with Crippen LogP contribution in [0.2, 0.25) is 0 Å². The van der Waals surface area contributed by atoms with Crippen molar-refractivity contribution < 1.29 is 23.9 Å². The van der Waals surface area contributed by atoms with Crippen molar-refractivity contribution in [3.63, 3.8) is 0 Å². The Hall–Kier alpha value is -2.75. The van der Waals surface area contributed by atoms with Gasteiger partial charge in [-0.05, 0) is 52.2 Å². The van der Waals surface area contributed by atoms with Crippen molar-refractivity contribution >= 4 is 40.6 Å². The summed E-state index contributed by atoms with van der Waals surface area (Å²) in [5, 5.41) is 2.01. The predicted molar refractivity (Wildman–Crippen MR) is 120 cm³/mol. The number of alkyl carbamates (subject to hydrolysis) is 1. The highest BCUT2D eigenvalue weighted by Crippen LogP contribution is 2.27. The quantitative estimate of drug-likeness (QED) is 0.594. The molecule has 1 atom stereocenters. The van der Waals surface area contributed by atoms with Gasteiger partial charge in [-0.25, -0.2) is 4.79 Å². The van der Waals surface area contributed by atoms with Crippen LogP contribution in [0, 0.1) is 0 Å². The third-order valence-corrected chi connectivity index (χ3v) is 5.05. The highest BCUT2D eigenvalue weighted by atomic mass is 32.2. The molecule has 0 bridgehead atoms. The number of ether oxygens (including phenoxy) is 1. The summed E-state index contributed by atoms with van der Waals surface area (Å²) in [4.78, 5) is 49.9. The van der Waals surface area contributed by atoms with Crippen LogP contribution in [0.3, 0.4) is 0 Å². The fourth-order valence-corrected chi connectivity index (χ4v) is 3.58. The normalized spacial score (nSPS) is 14.1. The van der Waals surface area contributed by atoms with Gasteiger partial charge in [-0.1, -0.05) is 30.0 Å². The summed E-state index contributed by atoms with van der Waals surface area (Å²) in [6.45, 7) is 7.50. The van der Waals surface area contributed by atoms with E-state index in [1.54, 1.807) is 32.6 Å². The van der Waals surface area contributed by atoms with Gasteiger partial charge in [0.05, 0.1) is 5.75 Å². The molecule has 0 fully saturated rings. The molecule has 0 saturated heterocycles. The fourth-order valence-electron chi connectivity index (χ4n) is 3.04. The van der Waals surface area contributed by atoms with Crippen LogP contribution < -0.4 is 21.1 Å². The Balaban J connectivity index is 1.69. The molecule has 0 aromatic heterocycles. The maximum absolute atomic E-state index is 12.5. The number of amides is 4. The first-order valence-corrected chi connectivity index (χ1v) is 11.1. The summed E-state index contributed by atoms with van der Waals surface area (Å²) in [6, 6.07) is 7.26. The second-order valence-electron chi connectivity index (χ2n) is 8.28. The van der Waals surface area contributed by atoms with E-state index >= 15 is 0 Å². The number of benzene rings is 1. The Morgan fingerprint density at radius 2 is 1.87 bits per heavy atom. The molecule has 3 N–H and O–H groups in total. The van der Waals surface area contributed by atoms with E-state index in [-0.39, 0.29) is 18.1 Å². The number of aryl methyl sites for hydroxylation is 1. The van der Waals surface area contributed by atoms with Gasteiger partial charge in [-0.3, -0.25) is 25.2 Å². The summed E-state index contributed by atoms with van der Waals surface area (Å²) >= 11 is 0.785. The van der Waals surface area contributed by atoms with E-state index in [0.29, 0.717) is 6.54 Å². The molecule has 170 valence electrons. The molecule has 0 saturated carbocycles. The van der Waals surface area contributed by atoms with E-state index in [1.807, 2.05) is 24.3 Å². The lowest BCUT2D eigenvalue weighted by Gasteiger charge is -2.29. The largest absolute Gasteiger partial charge is 0.444 e. The van der Waals surface area contributed by atoms with Crippen molar-refractivity contribution in [1.29, 1.82) is 0 Å². The number of nitrogens with one attached hydrogen (secondary N) is 3. The summed E-state index contributed by atoms with van der Waals surface area (Å²) in [5.41, 5.74) is 5.92. The molecule has 10 heteroatoms. The fraction of sp³-hybridized carbons (Fsp3) is 0.524. The smallest absolute Gasteiger partial charge is 0.407 e. The van der Waals surface area contributed by atoms with Gasteiger partial charge in [0.2, 0.25) is 11.8 Å². The van der Waals surface area contributed by atoms with Gasteiger partial charge in [0, 0.05) is 24.7 Å². The van der Waals surface area contributed by atoms with Crippen LogP contribution >= 0.6 is 11.8 Å². The third kappa shape index (κ3) is 8.49. The molecule has 9 nitrogen and oxygen atoms in total. The number of anilines is 1. The first-order chi connectivity index (χ1) is 14.5. The Morgan fingerprint density at radius 3 is 2.58 bits per heavy atom. The number of hydrogen-bond acceptors (Lipinski definition) is 6. The lowest BCUT2D eigenvalue weighted by Crippen LogP contribution is -2.44.